The Labute approximate surface area is 76.6 Å². The molecule has 0 N–H and O–H groups in total. The molecule has 1 fully saturated rings. The third kappa shape index (κ3) is 2.44. The second-order valence-corrected chi connectivity index (χ2v) is 10.7. The number of aldehydes is 1. The average Bonchev–Trinajstić information content (AvgIpc) is 2.03. The highest BCUT2D eigenvalue weighted by Gasteiger charge is 2.30. The van der Waals surface area contributed by atoms with Crippen LogP contribution in [0.15, 0.2) is 0 Å². The van der Waals surface area contributed by atoms with Gasteiger partial charge >= 0.3 is 0 Å². The molecule has 0 amide bonds. The van der Waals surface area contributed by atoms with Crippen LogP contribution in [0.3, 0.4) is 0 Å². The van der Waals surface area contributed by atoms with Gasteiger partial charge in [-0.05, 0) is 18.4 Å². The second-order valence-electron chi connectivity index (χ2n) is 5.11. The van der Waals surface area contributed by atoms with E-state index in [1.807, 2.05) is 0 Å². The molecule has 0 heterocycles. The van der Waals surface area contributed by atoms with E-state index in [9.17, 15) is 4.79 Å². The van der Waals surface area contributed by atoms with Crippen molar-refractivity contribution in [3.05, 3.63) is 0 Å². The fourth-order valence-corrected chi connectivity index (χ4v) is 4.19. The zero-order valence-corrected chi connectivity index (χ0v) is 9.47. The first-order chi connectivity index (χ1) is 5.54. The van der Waals surface area contributed by atoms with Crippen molar-refractivity contribution in [2.75, 3.05) is 0 Å². The summed E-state index contributed by atoms with van der Waals surface area (Å²) < 4.78 is 0. The first-order valence-electron chi connectivity index (χ1n) is 4.99. The lowest BCUT2D eigenvalue weighted by Gasteiger charge is -2.34. The van der Waals surface area contributed by atoms with Crippen LogP contribution in [-0.4, -0.2) is 14.4 Å². The van der Waals surface area contributed by atoms with Crippen molar-refractivity contribution in [2.45, 2.75) is 50.9 Å². The number of rotatable bonds is 2. The van der Waals surface area contributed by atoms with Crippen LogP contribution in [0.1, 0.15) is 25.7 Å². The van der Waals surface area contributed by atoms with E-state index in [-0.39, 0.29) is 0 Å². The molecule has 70 valence electrons. The van der Waals surface area contributed by atoms with Gasteiger partial charge in [0, 0.05) is 14.0 Å². The highest BCUT2D eigenvalue weighted by Crippen LogP contribution is 2.38. The summed E-state index contributed by atoms with van der Waals surface area (Å²) in [5.41, 5.74) is 0.966. The SMILES string of the molecule is C[Si](C)(C)C1CCC(C=O)CC1. The Morgan fingerprint density at radius 2 is 1.58 bits per heavy atom. The van der Waals surface area contributed by atoms with E-state index in [0.29, 0.717) is 5.92 Å². The minimum Gasteiger partial charge on any atom is -0.303 e. The van der Waals surface area contributed by atoms with Crippen LogP contribution in [0.5, 0.6) is 0 Å². The number of carbonyl (C=O) groups is 1. The topological polar surface area (TPSA) is 17.1 Å². The summed E-state index contributed by atoms with van der Waals surface area (Å²) in [6.07, 6.45) is 6.07. The highest BCUT2D eigenvalue weighted by molar-refractivity contribution is 6.77. The first-order valence-corrected chi connectivity index (χ1v) is 8.57. The Balaban J connectivity index is 2.41. The van der Waals surface area contributed by atoms with Gasteiger partial charge in [0.05, 0.1) is 0 Å². The monoisotopic (exact) mass is 184 g/mol. The maximum atomic E-state index is 10.5. The summed E-state index contributed by atoms with van der Waals surface area (Å²) >= 11 is 0. The van der Waals surface area contributed by atoms with Crippen molar-refractivity contribution in [1.29, 1.82) is 0 Å². The average molecular weight is 184 g/mol. The molecule has 0 bridgehead atoms. The molecule has 1 nitrogen and oxygen atoms in total. The van der Waals surface area contributed by atoms with E-state index in [1.54, 1.807) is 0 Å². The molecule has 2 heteroatoms. The van der Waals surface area contributed by atoms with Gasteiger partial charge in [-0.15, -0.1) is 0 Å². The van der Waals surface area contributed by atoms with Crippen molar-refractivity contribution in [2.24, 2.45) is 5.92 Å². The predicted octanol–water partition coefficient (Wildman–Crippen LogP) is 3.08. The molecule has 0 spiro atoms. The first kappa shape index (κ1) is 9.97. The molecule has 12 heavy (non-hydrogen) atoms. The van der Waals surface area contributed by atoms with Gasteiger partial charge in [-0.2, -0.15) is 0 Å². The molecule has 1 saturated carbocycles. The third-order valence-corrected chi connectivity index (χ3v) is 6.22. The van der Waals surface area contributed by atoms with Crippen LogP contribution in [0.25, 0.3) is 0 Å². The summed E-state index contributed by atoms with van der Waals surface area (Å²) in [5, 5.41) is 0. The van der Waals surface area contributed by atoms with Gasteiger partial charge in [-0.25, -0.2) is 0 Å². The summed E-state index contributed by atoms with van der Waals surface area (Å²) in [5.74, 6) is 0.387. The Bertz CT molecular complexity index is 152. The Morgan fingerprint density at radius 3 is 1.92 bits per heavy atom. The maximum absolute atomic E-state index is 10.5. The molecule has 0 aromatic carbocycles. The van der Waals surface area contributed by atoms with Crippen LogP contribution in [0.2, 0.25) is 25.2 Å². The van der Waals surface area contributed by atoms with Crippen molar-refractivity contribution >= 4 is 14.4 Å². The predicted molar refractivity (Wildman–Crippen MR) is 55.1 cm³/mol. The van der Waals surface area contributed by atoms with Crippen LogP contribution in [-0.2, 0) is 4.79 Å². The maximum Gasteiger partial charge on any atom is 0.123 e. The van der Waals surface area contributed by atoms with E-state index in [0.717, 1.165) is 24.7 Å². The quantitative estimate of drug-likeness (QED) is 0.476. The molecule has 1 aliphatic carbocycles. The van der Waals surface area contributed by atoms with Crippen molar-refractivity contribution in [3.63, 3.8) is 0 Å². The fraction of sp³-hybridized carbons (Fsp3) is 0.900. The molecule has 0 unspecified atom stereocenters. The van der Waals surface area contributed by atoms with Gasteiger partial charge in [0.15, 0.2) is 0 Å². The van der Waals surface area contributed by atoms with E-state index in [2.05, 4.69) is 19.6 Å². The van der Waals surface area contributed by atoms with Crippen LogP contribution >= 0.6 is 0 Å². The largest absolute Gasteiger partial charge is 0.303 e. The highest BCUT2D eigenvalue weighted by atomic mass is 28.3. The van der Waals surface area contributed by atoms with Crippen molar-refractivity contribution in [1.82, 2.24) is 0 Å². The molecule has 0 aromatic rings. The molecular weight excluding hydrogens is 164 g/mol. The van der Waals surface area contributed by atoms with Gasteiger partial charge < -0.3 is 4.79 Å². The van der Waals surface area contributed by atoms with Gasteiger partial charge in [-0.3, -0.25) is 0 Å². The molecule has 0 atom stereocenters. The van der Waals surface area contributed by atoms with Crippen LogP contribution in [0, 0.1) is 5.92 Å². The number of carbonyl (C=O) groups excluding carboxylic acids is 1. The summed E-state index contributed by atoms with van der Waals surface area (Å²) in [6, 6.07) is 0. The van der Waals surface area contributed by atoms with Gasteiger partial charge in [-0.1, -0.05) is 32.5 Å². The van der Waals surface area contributed by atoms with Gasteiger partial charge in [0.1, 0.15) is 6.29 Å². The number of hydrogen-bond donors (Lipinski definition) is 0. The molecule has 0 radical (unpaired) electrons. The van der Waals surface area contributed by atoms with E-state index >= 15 is 0 Å². The Hall–Kier alpha value is -0.113. The second kappa shape index (κ2) is 3.73. The fourth-order valence-electron chi connectivity index (χ4n) is 2.12. The summed E-state index contributed by atoms with van der Waals surface area (Å²) in [6.45, 7) is 7.33. The smallest absolute Gasteiger partial charge is 0.123 e. The number of hydrogen-bond acceptors (Lipinski definition) is 1. The van der Waals surface area contributed by atoms with Crippen LogP contribution in [0.4, 0.5) is 0 Å². The third-order valence-electron chi connectivity index (χ3n) is 3.19. The molecule has 1 rings (SSSR count). The lowest BCUT2D eigenvalue weighted by atomic mass is 9.90. The molecule has 0 aliphatic heterocycles. The molecule has 0 aromatic heterocycles. The molecule has 0 saturated heterocycles. The van der Waals surface area contributed by atoms with Crippen molar-refractivity contribution in [3.8, 4) is 0 Å². The van der Waals surface area contributed by atoms with Crippen molar-refractivity contribution < 1.29 is 4.79 Å². The Morgan fingerprint density at radius 1 is 1.08 bits per heavy atom. The van der Waals surface area contributed by atoms with Gasteiger partial charge in [0.25, 0.3) is 0 Å². The lowest BCUT2D eigenvalue weighted by Crippen LogP contribution is -2.31. The molecular formula is C10H20OSi. The van der Waals surface area contributed by atoms with E-state index in [4.69, 9.17) is 0 Å². The minimum atomic E-state index is -0.915. The zero-order valence-electron chi connectivity index (χ0n) is 8.47. The lowest BCUT2D eigenvalue weighted by molar-refractivity contribution is -0.111. The summed E-state index contributed by atoms with van der Waals surface area (Å²) in [4.78, 5) is 10.5. The molecule has 1 aliphatic rings. The minimum absolute atomic E-state index is 0.387. The van der Waals surface area contributed by atoms with Gasteiger partial charge in [0.2, 0.25) is 0 Å². The standard InChI is InChI=1S/C10H20OSi/c1-12(2,3)10-6-4-9(8-11)5-7-10/h8-10H,4-7H2,1-3H3. The van der Waals surface area contributed by atoms with E-state index < -0.39 is 8.07 Å². The zero-order chi connectivity index (χ0) is 9.19. The van der Waals surface area contributed by atoms with Crippen LogP contribution < -0.4 is 0 Å². The Kier molecular flexibility index (Phi) is 3.10. The van der Waals surface area contributed by atoms with E-state index in [1.165, 1.54) is 12.8 Å². The normalized spacial score (nSPS) is 31.6. The summed E-state index contributed by atoms with van der Waals surface area (Å²) in [7, 11) is -0.915.